The van der Waals surface area contributed by atoms with Gasteiger partial charge in [-0.05, 0) is 13.3 Å². The molecule has 2 aliphatic rings. The Bertz CT molecular complexity index is 338. The summed E-state index contributed by atoms with van der Waals surface area (Å²) in [5.74, 6) is -0.605. The van der Waals surface area contributed by atoms with Crippen LogP contribution in [-0.4, -0.2) is 41.3 Å². The average Bonchev–Trinajstić information content (AvgIpc) is 2.66. The zero-order valence-corrected chi connectivity index (χ0v) is 8.62. The molecule has 0 N–H and O–H groups in total. The van der Waals surface area contributed by atoms with Crippen LogP contribution in [-0.2, 0) is 19.1 Å². The third-order valence-electron chi connectivity index (χ3n) is 3.05. The summed E-state index contributed by atoms with van der Waals surface area (Å²) in [5.41, 5.74) is -0.968. The highest BCUT2D eigenvalue weighted by Gasteiger charge is 2.57. The van der Waals surface area contributed by atoms with Gasteiger partial charge in [0, 0.05) is 12.8 Å². The van der Waals surface area contributed by atoms with E-state index in [-0.39, 0.29) is 31.3 Å². The summed E-state index contributed by atoms with van der Waals surface area (Å²) in [7, 11) is 0. The average molecular weight is 211 g/mol. The molecule has 5 nitrogen and oxygen atoms in total. The monoisotopic (exact) mass is 211 g/mol. The third kappa shape index (κ3) is 1.33. The largest absolute Gasteiger partial charge is 0.464 e. The number of hydrogen-bond acceptors (Lipinski definition) is 4. The van der Waals surface area contributed by atoms with Gasteiger partial charge in [-0.3, -0.25) is 9.59 Å². The van der Waals surface area contributed by atoms with E-state index in [4.69, 9.17) is 4.74 Å². The summed E-state index contributed by atoms with van der Waals surface area (Å²) in [6.45, 7) is 2.06. The van der Waals surface area contributed by atoms with Crippen molar-refractivity contribution in [1.29, 1.82) is 0 Å². The molecule has 0 saturated carbocycles. The van der Waals surface area contributed by atoms with Crippen LogP contribution in [0.25, 0.3) is 0 Å². The molecular weight excluding hydrogens is 198 g/mol. The number of nitrogens with zero attached hydrogens (tertiary/aromatic N) is 1. The molecule has 5 heteroatoms. The van der Waals surface area contributed by atoms with E-state index >= 15 is 0 Å². The molecule has 15 heavy (non-hydrogen) atoms. The molecule has 2 heterocycles. The van der Waals surface area contributed by atoms with Crippen LogP contribution in [0, 0.1) is 0 Å². The van der Waals surface area contributed by atoms with E-state index < -0.39 is 11.5 Å². The summed E-state index contributed by atoms with van der Waals surface area (Å²) in [6, 6.07) is 0. The summed E-state index contributed by atoms with van der Waals surface area (Å²) >= 11 is 0. The predicted octanol–water partition coefficient (Wildman–Crippen LogP) is -0.117. The first-order chi connectivity index (χ1) is 7.10. The Morgan fingerprint density at radius 1 is 1.53 bits per heavy atom. The van der Waals surface area contributed by atoms with Gasteiger partial charge in [-0.25, -0.2) is 4.79 Å². The van der Waals surface area contributed by atoms with Gasteiger partial charge in [0.25, 0.3) is 0 Å². The van der Waals surface area contributed by atoms with Gasteiger partial charge in [-0.15, -0.1) is 0 Å². The summed E-state index contributed by atoms with van der Waals surface area (Å²) < 4.78 is 4.94. The van der Waals surface area contributed by atoms with Crippen molar-refractivity contribution in [3.05, 3.63) is 0 Å². The Labute approximate surface area is 87.4 Å². The minimum absolute atomic E-state index is 0.0592. The molecule has 2 fully saturated rings. The highest BCUT2D eigenvalue weighted by Crippen LogP contribution is 2.39. The van der Waals surface area contributed by atoms with Crippen LogP contribution in [0.4, 0.5) is 0 Å². The van der Waals surface area contributed by atoms with E-state index in [1.807, 2.05) is 0 Å². The second kappa shape index (κ2) is 3.32. The lowest BCUT2D eigenvalue weighted by Gasteiger charge is -2.27. The first-order valence-electron chi connectivity index (χ1n) is 5.09. The molecule has 0 aromatic carbocycles. The van der Waals surface area contributed by atoms with Gasteiger partial charge in [-0.2, -0.15) is 0 Å². The van der Waals surface area contributed by atoms with Crippen LogP contribution in [0.15, 0.2) is 0 Å². The zero-order valence-electron chi connectivity index (χ0n) is 8.62. The van der Waals surface area contributed by atoms with Gasteiger partial charge in [-0.1, -0.05) is 0 Å². The van der Waals surface area contributed by atoms with Crippen molar-refractivity contribution in [2.45, 2.75) is 31.7 Å². The van der Waals surface area contributed by atoms with E-state index in [0.717, 1.165) is 0 Å². The van der Waals surface area contributed by atoms with Crippen molar-refractivity contribution in [3.8, 4) is 0 Å². The molecule has 2 saturated heterocycles. The van der Waals surface area contributed by atoms with Crippen LogP contribution >= 0.6 is 0 Å². The second-order valence-corrected chi connectivity index (χ2v) is 3.95. The van der Waals surface area contributed by atoms with Gasteiger partial charge in [0.15, 0.2) is 5.78 Å². The fraction of sp³-hybridized carbons (Fsp3) is 0.700. The van der Waals surface area contributed by atoms with Crippen LogP contribution < -0.4 is 0 Å². The van der Waals surface area contributed by atoms with Gasteiger partial charge >= 0.3 is 5.97 Å². The number of rotatable bonds is 2. The number of hydrogen-bond donors (Lipinski definition) is 0. The Morgan fingerprint density at radius 2 is 2.27 bits per heavy atom. The Morgan fingerprint density at radius 3 is 2.93 bits per heavy atom. The fourth-order valence-corrected chi connectivity index (χ4v) is 2.35. The molecule has 0 aliphatic carbocycles. The molecule has 1 amide bonds. The maximum Gasteiger partial charge on any atom is 0.332 e. The quantitative estimate of drug-likeness (QED) is 0.597. The molecule has 0 aromatic rings. The second-order valence-electron chi connectivity index (χ2n) is 3.95. The Hall–Kier alpha value is -1.39. The smallest absolute Gasteiger partial charge is 0.332 e. The minimum Gasteiger partial charge on any atom is -0.464 e. The number of esters is 1. The highest BCUT2D eigenvalue weighted by atomic mass is 16.5. The van der Waals surface area contributed by atoms with Crippen molar-refractivity contribution in [1.82, 2.24) is 4.90 Å². The summed E-state index contributed by atoms with van der Waals surface area (Å²) in [6.07, 6.45) is 0.875. The molecular formula is C10H13NO4. The van der Waals surface area contributed by atoms with Crippen molar-refractivity contribution in [3.63, 3.8) is 0 Å². The highest BCUT2D eigenvalue weighted by molar-refractivity contribution is 6.02. The predicted molar refractivity (Wildman–Crippen MR) is 49.9 cm³/mol. The van der Waals surface area contributed by atoms with Gasteiger partial charge < -0.3 is 9.64 Å². The van der Waals surface area contributed by atoms with E-state index in [0.29, 0.717) is 12.8 Å². The maximum atomic E-state index is 11.8. The first kappa shape index (κ1) is 10.1. The number of fused-ring (bicyclic) bond motifs is 1. The van der Waals surface area contributed by atoms with Crippen LogP contribution in [0.5, 0.6) is 0 Å². The summed E-state index contributed by atoms with van der Waals surface area (Å²) in [4.78, 5) is 35.9. The standard InChI is InChI=1S/C10H13NO4/c1-2-15-9(14)10-4-3-8(13)11(10)6-7(12)5-10/h2-6H2,1H3. The topological polar surface area (TPSA) is 63.7 Å². The molecule has 1 atom stereocenters. The third-order valence-corrected chi connectivity index (χ3v) is 3.05. The van der Waals surface area contributed by atoms with Crippen molar-refractivity contribution in [2.75, 3.05) is 13.2 Å². The van der Waals surface area contributed by atoms with Crippen LogP contribution in [0.1, 0.15) is 26.2 Å². The van der Waals surface area contributed by atoms with E-state index in [1.165, 1.54) is 4.90 Å². The van der Waals surface area contributed by atoms with E-state index in [1.54, 1.807) is 6.92 Å². The lowest BCUT2D eigenvalue weighted by Crippen LogP contribution is -2.48. The van der Waals surface area contributed by atoms with Gasteiger partial charge in [0.1, 0.15) is 5.54 Å². The molecule has 2 aliphatic heterocycles. The van der Waals surface area contributed by atoms with Crippen molar-refractivity contribution < 1.29 is 19.1 Å². The van der Waals surface area contributed by atoms with Crippen LogP contribution in [0.2, 0.25) is 0 Å². The molecule has 1 unspecified atom stereocenters. The number of Topliss-reactive ketones (excluding diaryl/α,β-unsaturated/α-hetero) is 1. The minimum atomic E-state index is -0.968. The summed E-state index contributed by atoms with van der Waals surface area (Å²) in [5, 5.41) is 0. The number of carbonyl (C=O) groups excluding carboxylic acids is 3. The van der Waals surface area contributed by atoms with E-state index in [9.17, 15) is 14.4 Å². The lowest BCUT2D eigenvalue weighted by atomic mass is 9.94. The number of amides is 1. The molecule has 82 valence electrons. The van der Waals surface area contributed by atoms with Gasteiger partial charge in [0.2, 0.25) is 5.91 Å². The van der Waals surface area contributed by atoms with Crippen LogP contribution in [0.3, 0.4) is 0 Å². The molecule has 2 rings (SSSR count). The first-order valence-corrected chi connectivity index (χ1v) is 5.09. The van der Waals surface area contributed by atoms with Crippen molar-refractivity contribution >= 4 is 17.7 Å². The number of ketones is 1. The SMILES string of the molecule is CCOC(=O)C12CCC(=O)N1CC(=O)C2. The molecule has 0 bridgehead atoms. The van der Waals surface area contributed by atoms with E-state index in [2.05, 4.69) is 0 Å². The zero-order chi connectivity index (χ0) is 11.1. The van der Waals surface area contributed by atoms with Gasteiger partial charge in [0.05, 0.1) is 13.2 Å². The Kier molecular flexibility index (Phi) is 2.25. The number of carbonyl (C=O) groups is 3. The Balaban J connectivity index is 2.28. The number of ether oxygens (including phenoxy) is 1. The molecule has 0 aromatic heterocycles. The fourth-order valence-electron chi connectivity index (χ4n) is 2.35. The lowest BCUT2D eigenvalue weighted by molar-refractivity contribution is -0.157. The van der Waals surface area contributed by atoms with Crippen molar-refractivity contribution in [2.24, 2.45) is 0 Å². The molecule has 0 radical (unpaired) electrons. The molecule has 0 spiro atoms. The maximum absolute atomic E-state index is 11.8. The normalized spacial score (nSPS) is 29.5.